The molecule has 2 rings (SSSR count). The third-order valence-electron chi connectivity index (χ3n) is 2.23. The maximum absolute atomic E-state index is 5.68. The molecular weight excluding hydrogens is 246 g/mol. The van der Waals surface area contributed by atoms with Gasteiger partial charge in [0, 0.05) is 30.2 Å². The van der Waals surface area contributed by atoms with Crippen molar-refractivity contribution in [3.63, 3.8) is 0 Å². The van der Waals surface area contributed by atoms with E-state index < -0.39 is 0 Å². The second-order valence-corrected chi connectivity index (χ2v) is 3.10. The van der Waals surface area contributed by atoms with Gasteiger partial charge in [-0.1, -0.05) is 38.1 Å². The third-order valence-corrected chi connectivity index (χ3v) is 2.23. The van der Waals surface area contributed by atoms with Crippen molar-refractivity contribution >= 4 is 34.8 Å². The minimum Gasteiger partial charge on any atom is -0.455 e. The Labute approximate surface area is 114 Å². The highest BCUT2D eigenvalue weighted by atomic mass is 35.5. The smallest absolute Gasteiger partial charge is 0.150 e. The minimum absolute atomic E-state index is 0.885. The fourth-order valence-electron chi connectivity index (χ4n) is 1.62. The van der Waals surface area contributed by atoms with Crippen molar-refractivity contribution in [2.75, 3.05) is 13.4 Å². The Morgan fingerprint density at radius 2 is 1.78 bits per heavy atom. The van der Waals surface area contributed by atoms with Gasteiger partial charge in [-0.15, -0.1) is 11.6 Å². The molecule has 2 nitrogen and oxygen atoms in total. The first-order valence-corrected chi connectivity index (χ1v) is 6.81. The SMILES string of the molecule is C/C=c1\c(=C/NC)oc2ccccc12.CC.CCl. The molecule has 1 N–H and O–H groups in total. The number of fused-ring (bicyclic) bond motifs is 1. The van der Waals surface area contributed by atoms with E-state index in [2.05, 4.69) is 29.1 Å². The Morgan fingerprint density at radius 1 is 1.17 bits per heavy atom. The van der Waals surface area contributed by atoms with Crippen LogP contribution in [0, 0.1) is 0 Å². The molecule has 0 fully saturated rings. The highest BCUT2D eigenvalue weighted by Gasteiger charge is 1.99. The van der Waals surface area contributed by atoms with Crippen molar-refractivity contribution in [3.05, 3.63) is 34.9 Å². The predicted molar refractivity (Wildman–Crippen MR) is 82.3 cm³/mol. The number of rotatable bonds is 1. The standard InChI is InChI=1S/C12H13NO.C2H6.CH3Cl/c1-3-9-10-6-4-5-7-11(10)14-12(9)8-13-2;2*1-2/h3-8,13H,1-2H3;1-2H3;1H3/b9-3-,12-8+;;. The Hall–Kier alpha value is -1.41. The normalized spacial score (nSPS) is 11.4. The quantitative estimate of drug-likeness (QED) is 0.804. The molecule has 1 aromatic heterocycles. The van der Waals surface area contributed by atoms with Gasteiger partial charge in [-0.3, -0.25) is 0 Å². The second kappa shape index (κ2) is 9.60. The number of hydrogen-bond acceptors (Lipinski definition) is 2. The zero-order valence-corrected chi connectivity index (χ0v) is 12.5. The van der Waals surface area contributed by atoms with Crippen LogP contribution in [0.5, 0.6) is 0 Å². The molecule has 18 heavy (non-hydrogen) atoms. The van der Waals surface area contributed by atoms with Crippen LogP contribution < -0.4 is 16.0 Å². The first kappa shape index (κ1) is 16.6. The monoisotopic (exact) mass is 267 g/mol. The lowest BCUT2D eigenvalue weighted by Crippen LogP contribution is -2.22. The average Bonchev–Trinajstić information content (AvgIpc) is 2.81. The Bertz CT molecular complexity index is 557. The molecule has 0 atom stereocenters. The van der Waals surface area contributed by atoms with E-state index in [0.717, 1.165) is 21.6 Å². The summed E-state index contributed by atoms with van der Waals surface area (Å²) >= 11 is 4.64. The molecule has 2 aromatic rings. The highest BCUT2D eigenvalue weighted by Crippen LogP contribution is 2.06. The van der Waals surface area contributed by atoms with Gasteiger partial charge in [-0.2, -0.15) is 0 Å². The van der Waals surface area contributed by atoms with Crippen LogP contribution in [0.15, 0.2) is 28.7 Å². The maximum Gasteiger partial charge on any atom is 0.150 e. The molecule has 0 saturated heterocycles. The fraction of sp³-hybridized carbons (Fsp3) is 0.333. The van der Waals surface area contributed by atoms with Crippen LogP contribution in [-0.4, -0.2) is 13.4 Å². The van der Waals surface area contributed by atoms with Gasteiger partial charge >= 0.3 is 0 Å². The Balaban J connectivity index is 0.000000659. The minimum atomic E-state index is 0.885. The molecule has 0 spiro atoms. The van der Waals surface area contributed by atoms with Crippen LogP contribution in [0.25, 0.3) is 23.2 Å². The summed E-state index contributed by atoms with van der Waals surface area (Å²) in [5.41, 5.74) is 1.82. The molecule has 100 valence electrons. The molecular formula is C15H22ClNO. The number of benzene rings is 1. The lowest BCUT2D eigenvalue weighted by Gasteiger charge is -1.82. The van der Waals surface area contributed by atoms with Crippen LogP contribution in [0.3, 0.4) is 0 Å². The van der Waals surface area contributed by atoms with E-state index >= 15 is 0 Å². The maximum atomic E-state index is 5.68. The summed E-state index contributed by atoms with van der Waals surface area (Å²) in [6, 6.07) is 8.05. The summed E-state index contributed by atoms with van der Waals surface area (Å²) in [5.74, 6) is 0. The molecule has 0 aliphatic heterocycles. The summed E-state index contributed by atoms with van der Waals surface area (Å²) in [7, 11) is 1.87. The molecule has 0 aliphatic carbocycles. The van der Waals surface area contributed by atoms with Gasteiger partial charge in [-0.25, -0.2) is 0 Å². The van der Waals surface area contributed by atoms with Crippen molar-refractivity contribution in [1.29, 1.82) is 0 Å². The third kappa shape index (κ3) is 3.81. The van der Waals surface area contributed by atoms with E-state index in [1.807, 2.05) is 52.2 Å². The van der Waals surface area contributed by atoms with Crippen LogP contribution >= 0.6 is 11.6 Å². The number of para-hydroxylation sites is 1. The summed E-state index contributed by atoms with van der Waals surface area (Å²) in [6.45, 7) is 6.02. The molecule has 1 aromatic carbocycles. The Kier molecular flexibility index (Phi) is 8.85. The number of furan rings is 1. The van der Waals surface area contributed by atoms with Crippen molar-refractivity contribution in [3.8, 4) is 0 Å². The van der Waals surface area contributed by atoms with E-state index in [4.69, 9.17) is 4.42 Å². The Morgan fingerprint density at radius 3 is 2.33 bits per heavy atom. The summed E-state index contributed by atoms with van der Waals surface area (Å²) in [4.78, 5) is 0. The van der Waals surface area contributed by atoms with Gasteiger partial charge in [0.2, 0.25) is 0 Å². The van der Waals surface area contributed by atoms with Gasteiger partial charge in [-0.05, 0) is 13.0 Å². The van der Waals surface area contributed by atoms with Crippen LogP contribution in [0.4, 0.5) is 0 Å². The van der Waals surface area contributed by atoms with E-state index in [1.54, 1.807) is 0 Å². The largest absolute Gasteiger partial charge is 0.455 e. The number of halogens is 1. The molecule has 0 saturated carbocycles. The van der Waals surface area contributed by atoms with Gasteiger partial charge in [0.15, 0.2) is 5.42 Å². The van der Waals surface area contributed by atoms with Crippen LogP contribution in [0.1, 0.15) is 20.8 Å². The van der Waals surface area contributed by atoms with Crippen LogP contribution in [-0.2, 0) is 0 Å². The molecule has 0 unspecified atom stereocenters. The first-order chi connectivity index (χ1) is 8.86. The van der Waals surface area contributed by atoms with Crippen molar-refractivity contribution < 1.29 is 4.42 Å². The molecule has 0 amide bonds. The van der Waals surface area contributed by atoms with Crippen molar-refractivity contribution in [1.82, 2.24) is 5.32 Å². The summed E-state index contributed by atoms with van der Waals surface area (Å²) in [6.07, 6.45) is 5.41. The van der Waals surface area contributed by atoms with Crippen molar-refractivity contribution in [2.24, 2.45) is 0 Å². The van der Waals surface area contributed by atoms with Gasteiger partial charge in [0.05, 0.1) is 0 Å². The van der Waals surface area contributed by atoms with Crippen LogP contribution in [0.2, 0.25) is 0 Å². The topological polar surface area (TPSA) is 25.2 Å². The van der Waals surface area contributed by atoms with E-state index in [9.17, 15) is 0 Å². The molecule has 3 heteroatoms. The number of nitrogens with one attached hydrogen (secondary N) is 1. The van der Waals surface area contributed by atoms with E-state index in [0.29, 0.717) is 0 Å². The lowest BCUT2D eigenvalue weighted by molar-refractivity contribution is 0.572. The number of hydrogen-bond donors (Lipinski definition) is 1. The molecule has 0 bridgehead atoms. The van der Waals surface area contributed by atoms with Gasteiger partial charge < -0.3 is 9.73 Å². The fourth-order valence-corrected chi connectivity index (χ4v) is 1.62. The van der Waals surface area contributed by atoms with Crippen molar-refractivity contribution in [2.45, 2.75) is 20.8 Å². The second-order valence-electron chi connectivity index (χ2n) is 3.10. The molecule has 1 heterocycles. The van der Waals surface area contributed by atoms with Gasteiger partial charge in [0.25, 0.3) is 0 Å². The van der Waals surface area contributed by atoms with E-state index in [1.165, 1.54) is 6.38 Å². The van der Waals surface area contributed by atoms with E-state index in [-0.39, 0.29) is 0 Å². The molecule has 0 radical (unpaired) electrons. The number of alkyl halides is 1. The molecule has 0 aliphatic rings. The van der Waals surface area contributed by atoms with Gasteiger partial charge in [0.1, 0.15) is 5.58 Å². The summed E-state index contributed by atoms with van der Waals surface area (Å²) < 4.78 is 5.68. The first-order valence-electron chi connectivity index (χ1n) is 6.06. The average molecular weight is 268 g/mol. The highest BCUT2D eigenvalue weighted by molar-refractivity contribution is 6.15. The lowest BCUT2D eigenvalue weighted by atomic mass is 10.2. The summed E-state index contributed by atoms with van der Waals surface area (Å²) in [5, 5.41) is 5.29. The zero-order chi connectivity index (χ0) is 14.0. The predicted octanol–water partition coefficient (Wildman–Crippen LogP) is 3.07. The zero-order valence-electron chi connectivity index (χ0n) is 11.8.